The number of ether oxygens (including phenoxy) is 3. The molecule has 10 nitrogen and oxygen atoms in total. The number of aromatic hydroxyl groups is 1. The molecule has 0 aliphatic rings. The molecule has 0 aliphatic heterocycles. The second-order valence-corrected chi connectivity index (χ2v) is 7.41. The van der Waals surface area contributed by atoms with E-state index < -0.39 is 17.6 Å². The van der Waals surface area contributed by atoms with Crippen LogP contribution in [0.25, 0.3) is 0 Å². The van der Waals surface area contributed by atoms with Crippen LogP contribution in [0.1, 0.15) is 23.1 Å². The Labute approximate surface area is 201 Å². The number of rotatable bonds is 9. The summed E-state index contributed by atoms with van der Waals surface area (Å²) >= 11 is 0. The van der Waals surface area contributed by atoms with Crippen molar-refractivity contribution in [1.82, 2.24) is 4.57 Å². The zero-order chi connectivity index (χ0) is 25.2. The second-order valence-electron chi connectivity index (χ2n) is 7.41. The number of nitrogens with zero attached hydrogens (tertiary/aromatic N) is 4. The molecule has 2 aromatic carbocycles. The molecule has 0 unspecified atom stereocenters. The zero-order valence-electron chi connectivity index (χ0n) is 19.3. The minimum Gasteiger partial charge on any atom is -0.493 e. The summed E-state index contributed by atoms with van der Waals surface area (Å²) < 4.78 is 16.3. The maximum atomic E-state index is 12.9. The smallest absolute Gasteiger partial charge is 0.493 e. The first-order valence-electron chi connectivity index (χ1n) is 10.7. The Morgan fingerprint density at radius 1 is 1.14 bits per heavy atom. The number of pyridine rings is 1. The zero-order valence-corrected chi connectivity index (χ0v) is 19.3. The lowest BCUT2D eigenvalue weighted by Crippen LogP contribution is -2.22. The number of azo groups is 1. The maximum Gasteiger partial charge on any atom is 0.514 e. The Morgan fingerprint density at radius 2 is 1.91 bits per heavy atom. The van der Waals surface area contributed by atoms with Crippen molar-refractivity contribution < 1.29 is 24.1 Å². The molecule has 0 fully saturated rings. The molecule has 0 saturated heterocycles. The van der Waals surface area contributed by atoms with Crippen molar-refractivity contribution in [3.05, 3.63) is 81.6 Å². The highest BCUT2D eigenvalue weighted by molar-refractivity contribution is 5.64. The van der Waals surface area contributed by atoms with Gasteiger partial charge in [-0.2, -0.15) is 10.4 Å². The molecular weight excluding hydrogens is 452 g/mol. The van der Waals surface area contributed by atoms with Crippen molar-refractivity contribution in [2.75, 3.05) is 13.7 Å². The van der Waals surface area contributed by atoms with Crippen LogP contribution in [0, 0.1) is 18.3 Å². The van der Waals surface area contributed by atoms with Gasteiger partial charge in [-0.3, -0.25) is 9.36 Å². The van der Waals surface area contributed by atoms with Gasteiger partial charge in [0, 0.05) is 31.9 Å². The second kappa shape index (κ2) is 12.1. The van der Waals surface area contributed by atoms with Gasteiger partial charge in [0.2, 0.25) is 5.88 Å². The first-order chi connectivity index (χ1) is 16.9. The lowest BCUT2D eigenvalue weighted by molar-refractivity contribution is 0.0928. The molecule has 35 heavy (non-hydrogen) atoms. The summed E-state index contributed by atoms with van der Waals surface area (Å²) in [6, 6.07) is 17.3. The van der Waals surface area contributed by atoms with Crippen molar-refractivity contribution in [3.8, 4) is 17.7 Å². The van der Waals surface area contributed by atoms with Crippen LogP contribution in [-0.2, 0) is 22.6 Å². The average molecular weight is 476 g/mol. The van der Waals surface area contributed by atoms with E-state index in [-0.39, 0.29) is 35.7 Å². The molecule has 0 bridgehead atoms. The van der Waals surface area contributed by atoms with Gasteiger partial charge in [0.15, 0.2) is 5.69 Å². The van der Waals surface area contributed by atoms with Crippen LogP contribution < -0.4 is 10.3 Å². The van der Waals surface area contributed by atoms with Gasteiger partial charge in [0.25, 0.3) is 5.56 Å². The van der Waals surface area contributed by atoms with E-state index in [1.54, 1.807) is 18.2 Å². The van der Waals surface area contributed by atoms with Crippen LogP contribution in [0.2, 0.25) is 0 Å². The van der Waals surface area contributed by atoms with Crippen LogP contribution in [0.15, 0.2) is 69.6 Å². The van der Waals surface area contributed by atoms with Gasteiger partial charge in [-0.15, -0.1) is 5.11 Å². The van der Waals surface area contributed by atoms with Gasteiger partial charge in [-0.1, -0.05) is 36.4 Å². The minimum absolute atomic E-state index is 0.0609. The molecule has 0 saturated carbocycles. The standard InChI is InChI=1S/C25H24N4O6/c1-17-21(15-26)23(30)29(12-7-13-33-2)24(31)22(17)28-27-19-10-6-11-20(14-19)35-25(32)34-16-18-8-4-3-5-9-18/h3-6,8-11,14,30H,7,12-13,16H2,1-2H3. The summed E-state index contributed by atoms with van der Waals surface area (Å²) in [4.78, 5) is 24.9. The molecule has 0 atom stereocenters. The summed E-state index contributed by atoms with van der Waals surface area (Å²) in [6.45, 7) is 2.09. The van der Waals surface area contributed by atoms with E-state index in [4.69, 9.17) is 14.2 Å². The molecule has 0 radical (unpaired) electrons. The lowest BCUT2D eigenvalue weighted by Gasteiger charge is -2.12. The third-order valence-corrected chi connectivity index (χ3v) is 4.98. The summed E-state index contributed by atoms with van der Waals surface area (Å²) in [6.07, 6.45) is -0.427. The highest BCUT2D eigenvalue weighted by Crippen LogP contribution is 2.28. The normalized spacial score (nSPS) is 10.8. The Hall–Kier alpha value is -4.49. The Kier molecular flexibility index (Phi) is 8.70. The molecule has 180 valence electrons. The SMILES string of the molecule is COCCCn1c(O)c(C#N)c(C)c(N=Nc2cccc(OC(=O)OCc3ccccc3)c2)c1=O. The third-order valence-electron chi connectivity index (χ3n) is 4.98. The average Bonchev–Trinajstić information content (AvgIpc) is 2.86. The van der Waals surface area contributed by atoms with E-state index >= 15 is 0 Å². The molecule has 3 rings (SSSR count). The van der Waals surface area contributed by atoms with Crippen LogP contribution in [0.5, 0.6) is 11.6 Å². The largest absolute Gasteiger partial charge is 0.514 e. The topological polar surface area (TPSA) is 136 Å². The number of carbonyl (C=O) groups is 1. The lowest BCUT2D eigenvalue weighted by atomic mass is 10.1. The number of nitriles is 1. The highest BCUT2D eigenvalue weighted by atomic mass is 16.7. The van der Waals surface area contributed by atoms with Crippen molar-refractivity contribution in [2.45, 2.75) is 26.5 Å². The number of carbonyl (C=O) groups excluding carboxylic acids is 1. The van der Waals surface area contributed by atoms with Crippen molar-refractivity contribution in [1.29, 1.82) is 5.26 Å². The number of methoxy groups -OCH3 is 1. The molecule has 1 aromatic heterocycles. The third kappa shape index (κ3) is 6.52. The molecule has 3 aromatic rings. The van der Waals surface area contributed by atoms with Gasteiger partial charge >= 0.3 is 6.16 Å². The first-order valence-corrected chi connectivity index (χ1v) is 10.7. The first kappa shape index (κ1) is 25.1. The van der Waals surface area contributed by atoms with Crippen LogP contribution >= 0.6 is 0 Å². The van der Waals surface area contributed by atoms with E-state index in [0.29, 0.717) is 18.7 Å². The van der Waals surface area contributed by atoms with Crippen molar-refractivity contribution >= 4 is 17.5 Å². The summed E-state index contributed by atoms with van der Waals surface area (Å²) in [5.41, 5.74) is 0.601. The van der Waals surface area contributed by atoms with Gasteiger partial charge in [-0.25, -0.2) is 4.79 Å². The Balaban J connectivity index is 1.78. The fourth-order valence-corrected chi connectivity index (χ4v) is 3.19. The molecule has 0 aliphatic carbocycles. The van der Waals surface area contributed by atoms with Gasteiger partial charge in [0.05, 0.1) is 5.69 Å². The van der Waals surface area contributed by atoms with Crippen molar-refractivity contribution in [2.24, 2.45) is 10.2 Å². The van der Waals surface area contributed by atoms with Gasteiger partial charge < -0.3 is 19.3 Å². The Bertz CT molecular complexity index is 1310. The Morgan fingerprint density at radius 3 is 2.63 bits per heavy atom. The fourth-order valence-electron chi connectivity index (χ4n) is 3.19. The van der Waals surface area contributed by atoms with E-state index in [2.05, 4.69) is 10.2 Å². The van der Waals surface area contributed by atoms with Crippen LogP contribution in [-0.4, -0.2) is 29.5 Å². The number of aromatic nitrogens is 1. The fraction of sp³-hybridized carbons (Fsp3) is 0.240. The molecule has 1 heterocycles. The van der Waals surface area contributed by atoms with Crippen LogP contribution in [0.3, 0.4) is 0 Å². The summed E-state index contributed by atoms with van der Waals surface area (Å²) in [5.74, 6) is -0.244. The maximum absolute atomic E-state index is 12.9. The van der Waals surface area contributed by atoms with Gasteiger partial charge in [0.1, 0.15) is 24.0 Å². The molecule has 0 spiro atoms. The molecule has 10 heteroatoms. The number of hydrogen-bond acceptors (Lipinski definition) is 9. The van der Waals surface area contributed by atoms with E-state index in [1.165, 1.54) is 20.1 Å². The summed E-state index contributed by atoms with van der Waals surface area (Å²) in [7, 11) is 1.53. The quantitative estimate of drug-likeness (QED) is 0.201. The van der Waals surface area contributed by atoms with E-state index in [9.17, 15) is 20.0 Å². The van der Waals surface area contributed by atoms with Gasteiger partial charge in [-0.05, 0) is 31.0 Å². The van der Waals surface area contributed by atoms with E-state index in [1.807, 2.05) is 36.4 Å². The van der Waals surface area contributed by atoms with E-state index in [0.717, 1.165) is 10.1 Å². The number of benzene rings is 2. The van der Waals surface area contributed by atoms with Crippen molar-refractivity contribution in [3.63, 3.8) is 0 Å². The monoisotopic (exact) mass is 476 g/mol. The predicted molar refractivity (Wildman–Crippen MR) is 126 cm³/mol. The number of hydrogen-bond donors (Lipinski definition) is 1. The predicted octanol–water partition coefficient (Wildman–Crippen LogP) is 4.90. The minimum atomic E-state index is -0.880. The molecular formula is C25H24N4O6. The summed E-state index contributed by atoms with van der Waals surface area (Å²) in [5, 5.41) is 27.9. The van der Waals surface area contributed by atoms with Crippen LogP contribution in [0.4, 0.5) is 16.2 Å². The molecule has 0 amide bonds. The highest BCUT2D eigenvalue weighted by Gasteiger charge is 2.19. The molecule has 1 N–H and O–H groups in total.